The Morgan fingerprint density at radius 3 is 2.79 bits per heavy atom. The second-order valence-corrected chi connectivity index (χ2v) is 9.26. The summed E-state index contributed by atoms with van der Waals surface area (Å²) in [7, 11) is 1.65. The molecule has 2 aliphatic rings. The summed E-state index contributed by atoms with van der Waals surface area (Å²) in [5.41, 5.74) is 2.35. The number of esters is 1. The van der Waals surface area contributed by atoms with Gasteiger partial charge in [0.2, 0.25) is 11.7 Å². The van der Waals surface area contributed by atoms with E-state index in [1.165, 1.54) is 0 Å². The summed E-state index contributed by atoms with van der Waals surface area (Å²) in [6.45, 7) is 8.06. The van der Waals surface area contributed by atoms with Gasteiger partial charge in [0, 0.05) is 36.2 Å². The van der Waals surface area contributed by atoms with E-state index < -0.39 is 12.0 Å². The minimum atomic E-state index is -0.605. The standard InChI is InChI=1S/C20H28N2O5S/c1-12-8-15(14(3)21(12)13(2)9-26-5)17(23)10-27-19(25)16-11-28-20(4)7-6-18(24)22(16)20/h8,13,16H,6-7,9-11H2,1-5H3/t13-,16+,20+/m0/s1. The Kier molecular flexibility index (Phi) is 5.91. The van der Waals surface area contributed by atoms with E-state index in [0.29, 0.717) is 24.3 Å². The van der Waals surface area contributed by atoms with Gasteiger partial charge < -0.3 is 18.9 Å². The molecule has 0 unspecified atom stereocenters. The normalized spacial score (nSPS) is 25.1. The molecule has 0 aliphatic carbocycles. The molecule has 0 spiro atoms. The molecule has 3 heterocycles. The quantitative estimate of drug-likeness (QED) is 0.510. The van der Waals surface area contributed by atoms with Crippen molar-refractivity contribution in [3.05, 3.63) is 23.0 Å². The minimum Gasteiger partial charge on any atom is -0.456 e. The fourth-order valence-corrected chi connectivity index (χ4v) is 5.78. The largest absolute Gasteiger partial charge is 0.456 e. The minimum absolute atomic E-state index is 0.0172. The van der Waals surface area contributed by atoms with Gasteiger partial charge >= 0.3 is 5.97 Å². The molecule has 3 atom stereocenters. The fraction of sp³-hybridized carbons (Fsp3) is 0.650. The van der Waals surface area contributed by atoms with Crippen LogP contribution in [0.1, 0.15) is 54.5 Å². The molecule has 0 N–H and O–H groups in total. The summed E-state index contributed by atoms with van der Waals surface area (Å²) >= 11 is 1.61. The number of hydrogen-bond donors (Lipinski definition) is 0. The van der Waals surface area contributed by atoms with E-state index in [2.05, 4.69) is 4.57 Å². The molecular weight excluding hydrogens is 380 g/mol. The maximum absolute atomic E-state index is 12.7. The van der Waals surface area contributed by atoms with Gasteiger partial charge in [-0.15, -0.1) is 11.8 Å². The number of methoxy groups -OCH3 is 1. The number of Topliss-reactive ketones (excluding diaryl/α,β-unsaturated/α-hetero) is 1. The number of carbonyl (C=O) groups is 3. The van der Waals surface area contributed by atoms with E-state index in [-0.39, 0.29) is 29.2 Å². The number of nitrogens with zero attached hydrogens (tertiary/aromatic N) is 2. The number of carbonyl (C=O) groups excluding carboxylic acids is 3. The highest BCUT2D eigenvalue weighted by Crippen LogP contribution is 2.47. The van der Waals surface area contributed by atoms with E-state index in [1.54, 1.807) is 23.8 Å². The maximum atomic E-state index is 12.7. The lowest BCUT2D eigenvalue weighted by Crippen LogP contribution is -2.46. The number of ketones is 1. The Morgan fingerprint density at radius 1 is 1.39 bits per heavy atom. The zero-order valence-corrected chi connectivity index (χ0v) is 17.9. The average Bonchev–Trinajstić information content (AvgIpc) is 3.24. The van der Waals surface area contributed by atoms with E-state index in [1.807, 2.05) is 33.8 Å². The summed E-state index contributed by atoms with van der Waals surface area (Å²) in [6.07, 6.45) is 1.20. The molecule has 2 fully saturated rings. The molecule has 0 aromatic carbocycles. The van der Waals surface area contributed by atoms with Crippen LogP contribution in [0.4, 0.5) is 0 Å². The molecule has 0 radical (unpaired) electrons. The van der Waals surface area contributed by atoms with E-state index >= 15 is 0 Å². The highest BCUT2D eigenvalue weighted by Gasteiger charge is 2.53. The first-order valence-electron chi connectivity index (χ1n) is 9.53. The van der Waals surface area contributed by atoms with Crippen molar-refractivity contribution in [3.8, 4) is 0 Å². The maximum Gasteiger partial charge on any atom is 0.330 e. The van der Waals surface area contributed by atoms with Crippen LogP contribution in [0.15, 0.2) is 6.07 Å². The van der Waals surface area contributed by atoms with Crippen molar-refractivity contribution in [1.82, 2.24) is 9.47 Å². The third kappa shape index (κ3) is 3.59. The van der Waals surface area contributed by atoms with Crippen LogP contribution in [0, 0.1) is 13.8 Å². The van der Waals surface area contributed by atoms with Gasteiger partial charge in [-0.25, -0.2) is 4.79 Å². The molecule has 1 aromatic rings. The highest BCUT2D eigenvalue weighted by atomic mass is 32.2. The Labute approximate surface area is 169 Å². The molecule has 2 aliphatic heterocycles. The molecule has 2 saturated heterocycles. The Morgan fingerprint density at radius 2 is 2.11 bits per heavy atom. The molecule has 154 valence electrons. The zero-order chi connectivity index (χ0) is 20.6. The van der Waals surface area contributed by atoms with Crippen molar-refractivity contribution in [3.63, 3.8) is 0 Å². The van der Waals surface area contributed by atoms with E-state index in [0.717, 1.165) is 17.8 Å². The summed E-state index contributed by atoms with van der Waals surface area (Å²) in [5.74, 6) is -0.241. The lowest BCUT2D eigenvalue weighted by Gasteiger charge is -2.29. The summed E-state index contributed by atoms with van der Waals surface area (Å²) in [5, 5.41) is 0. The number of amides is 1. The van der Waals surface area contributed by atoms with Crippen LogP contribution in [0.3, 0.4) is 0 Å². The number of hydrogen-bond acceptors (Lipinski definition) is 6. The Hall–Kier alpha value is -1.80. The monoisotopic (exact) mass is 408 g/mol. The summed E-state index contributed by atoms with van der Waals surface area (Å²) < 4.78 is 12.6. The van der Waals surface area contributed by atoms with Gasteiger partial charge in [0.15, 0.2) is 6.61 Å². The second-order valence-electron chi connectivity index (χ2n) is 7.76. The first kappa shape index (κ1) is 20.9. The number of thioether (sulfide) groups is 1. The highest BCUT2D eigenvalue weighted by molar-refractivity contribution is 8.01. The lowest BCUT2D eigenvalue weighted by molar-refractivity contribution is -0.152. The van der Waals surface area contributed by atoms with Crippen molar-refractivity contribution in [2.45, 2.75) is 57.5 Å². The van der Waals surface area contributed by atoms with Gasteiger partial charge in [-0.2, -0.15) is 0 Å². The van der Waals surface area contributed by atoms with Gasteiger partial charge in [0.25, 0.3) is 0 Å². The summed E-state index contributed by atoms with van der Waals surface area (Å²) in [4.78, 5) is 38.7. The molecule has 0 bridgehead atoms. The predicted molar refractivity (Wildman–Crippen MR) is 107 cm³/mol. The van der Waals surface area contributed by atoms with Gasteiger partial charge in [0.1, 0.15) is 6.04 Å². The SMILES string of the molecule is COC[C@H](C)n1c(C)cc(C(=O)COC(=O)[C@H]2CS[C@]3(C)CCC(=O)N23)c1C. The number of ether oxygens (including phenoxy) is 2. The Bertz CT molecular complexity index is 805. The predicted octanol–water partition coefficient (Wildman–Crippen LogP) is 2.49. The van der Waals surface area contributed by atoms with Crippen molar-refractivity contribution in [2.75, 3.05) is 26.1 Å². The third-order valence-electron chi connectivity index (χ3n) is 5.70. The van der Waals surface area contributed by atoms with Crippen LogP contribution in [0.25, 0.3) is 0 Å². The number of fused-ring (bicyclic) bond motifs is 1. The number of aryl methyl sites for hydroxylation is 1. The average molecular weight is 409 g/mol. The fourth-order valence-electron chi connectivity index (χ4n) is 4.36. The van der Waals surface area contributed by atoms with Crippen molar-refractivity contribution in [2.24, 2.45) is 0 Å². The molecule has 1 aromatic heterocycles. The molecule has 28 heavy (non-hydrogen) atoms. The number of aromatic nitrogens is 1. The van der Waals surface area contributed by atoms with Gasteiger partial charge in [-0.3, -0.25) is 9.59 Å². The molecule has 1 amide bonds. The molecule has 0 saturated carbocycles. The lowest BCUT2D eigenvalue weighted by atomic mass is 10.1. The smallest absolute Gasteiger partial charge is 0.330 e. The van der Waals surface area contributed by atoms with Crippen molar-refractivity contribution >= 4 is 29.4 Å². The van der Waals surface area contributed by atoms with Crippen LogP contribution in [0.5, 0.6) is 0 Å². The van der Waals surface area contributed by atoms with Crippen LogP contribution < -0.4 is 0 Å². The van der Waals surface area contributed by atoms with Crippen LogP contribution in [-0.4, -0.2) is 64.1 Å². The molecule has 3 rings (SSSR count). The third-order valence-corrected chi connectivity index (χ3v) is 7.20. The van der Waals surface area contributed by atoms with Crippen molar-refractivity contribution < 1.29 is 23.9 Å². The first-order valence-corrected chi connectivity index (χ1v) is 10.5. The van der Waals surface area contributed by atoms with Crippen LogP contribution in [-0.2, 0) is 19.1 Å². The zero-order valence-electron chi connectivity index (χ0n) is 17.1. The molecular formula is C20H28N2O5S. The van der Waals surface area contributed by atoms with Gasteiger partial charge in [0.05, 0.1) is 17.5 Å². The second kappa shape index (κ2) is 7.91. The first-order chi connectivity index (χ1) is 13.2. The van der Waals surface area contributed by atoms with Gasteiger partial charge in [-0.05, 0) is 40.2 Å². The molecule has 8 heteroatoms. The van der Waals surface area contributed by atoms with Crippen LogP contribution in [0.2, 0.25) is 0 Å². The van der Waals surface area contributed by atoms with Gasteiger partial charge in [-0.1, -0.05) is 0 Å². The van der Waals surface area contributed by atoms with E-state index in [4.69, 9.17) is 9.47 Å². The Balaban J connectivity index is 1.66. The topological polar surface area (TPSA) is 77.8 Å². The van der Waals surface area contributed by atoms with Crippen molar-refractivity contribution in [1.29, 1.82) is 0 Å². The number of rotatable bonds is 7. The van der Waals surface area contributed by atoms with Crippen LogP contribution >= 0.6 is 11.8 Å². The molecule has 7 nitrogen and oxygen atoms in total. The summed E-state index contributed by atoms with van der Waals surface area (Å²) in [6, 6.07) is 1.32. The van der Waals surface area contributed by atoms with E-state index in [9.17, 15) is 14.4 Å².